The zero-order valence-corrected chi connectivity index (χ0v) is 7.80. The summed E-state index contributed by atoms with van der Waals surface area (Å²) in [6, 6.07) is 8.30. The van der Waals surface area contributed by atoms with Gasteiger partial charge in [0, 0.05) is 10.9 Å². The molecule has 0 heterocycles. The normalized spacial score (nSPS) is 19.2. The van der Waals surface area contributed by atoms with E-state index in [1.807, 2.05) is 18.2 Å². The van der Waals surface area contributed by atoms with Crippen LogP contribution in [-0.4, -0.2) is 0 Å². The molecule has 0 aliphatic heterocycles. The fourth-order valence-corrected chi connectivity index (χ4v) is 1.79. The van der Waals surface area contributed by atoms with Crippen LogP contribution in [-0.2, 0) is 0 Å². The number of benzene rings is 1. The molecule has 0 aromatic heterocycles. The lowest BCUT2D eigenvalue weighted by molar-refractivity contribution is 0.623. The van der Waals surface area contributed by atoms with Gasteiger partial charge in [-0.15, -0.1) is 12.6 Å². The van der Waals surface area contributed by atoms with Crippen molar-refractivity contribution in [1.82, 2.24) is 0 Å². The quantitative estimate of drug-likeness (QED) is 0.670. The minimum Gasteiger partial charge on any atom is -0.324 e. The van der Waals surface area contributed by atoms with Gasteiger partial charge in [0.05, 0.1) is 0 Å². The zero-order chi connectivity index (χ0) is 8.55. The molecule has 0 amide bonds. The first-order valence-electron chi connectivity index (χ1n) is 4.32. The smallest absolute Gasteiger partial charge is 0.0334 e. The summed E-state index contributed by atoms with van der Waals surface area (Å²) in [5, 5.41) is 0. The molecule has 2 heteroatoms. The van der Waals surface area contributed by atoms with Crippen molar-refractivity contribution in [2.45, 2.75) is 23.8 Å². The molecule has 1 fully saturated rings. The maximum Gasteiger partial charge on any atom is 0.0334 e. The van der Waals surface area contributed by atoms with E-state index in [2.05, 4.69) is 18.7 Å². The lowest BCUT2D eigenvalue weighted by Crippen LogP contribution is -2.12. The van der Waals surface area contributed by atoms with Gasteiger partial charge in [-0.2, -0.15) is 0 Å². The molecule has 1 nitrogen and oxygen atoms in total. The summed E-state index contributed by atoms with van der Waals surface area (Å²) in [7, 11) is 0. The Morgan fingerprint density at radius 2 is 2.00 bits per heavy atom. The Morgan fingerprint density at radius 1 is 1.33 bits per heavy atom. The van der Waals surface area contributed by atoms with E-state index in [-0.39, 0.29) is 6.04 Å². The molecule has 1 aromatic rings. The van der Waals surface area contributed by atoms with Crippen LogP contribution in [0.2, 0.25) is 0 Å². The molecule has 0 saturated heterocycles. The van der Waals surface area contributed by atoms with Crippen molar-refractivity contribution >= 4 is 12.6 Å². The third-order valence-electron chi connectivity index (χ3n) is 2.43. The Labute approximate surface area is 78.4 Å². The standard InChI is InChI=1S/C10H13NS/c11-10(7-5-6-7)8-3-1-2-4-9(8)12/h1-4,7,10,12H,5-6,11H2. The van der Waals surface area contributed by atoms with Gasteiger partial charge in [-0.1, -0.05) is 18.2 Å². The predicted molar refractivity (Wildman–Crippen MR) is 53.3 cm³/mol. The van der Waals surface area contributed by atoms with Gasteiger partial charge in [0.2, 0.25) is 0 Å². The average Bonchev–Trinajstić information content (AvgIpc) is 2.86. The lowest BCUT2D eigenvalue weighted by atomic mass is 10.0. The van der Waals surface area contributed by atoms with Gasteiger partial charge in [0.15, 0.2) is 0 Å². The van der Waals surface area contributed by atoms with Crippen LogP contribution in [0.4, 0.5) is 0 Å². The van der Waals surface area contributed by atoms with E-state index in [9.17, 15) is 0 Å². The minimum absolute atomic E-state index is 0.207. The second-order valence-corrected chi connectivity index (χ2v) is 3.90. The molecule has 0 spiro atoms. The number of hydrogen-bond donors (Lipinski definition) is 2. The second kappa shape index (κ2) is 3.11. The number of thiol groups is 1. The van der Waals surface area contributed by atoms with Gasteiger partial charge in [0.1, 0.15) is 0 Å². The third-order valence-corrected chi connectivity index (χ3v) is 2.83. The molecule has 1 unspecified atom stereocenters. The summed E-state index contributed by atoms with van der Waals surface area (Å²) < 4.78 is 0. The Morgan fingerprint density at radius 3 is 2.58 bits per heavy atom. The molecule has 12 heavy (non-hydrogen) atoms. The maximum atomic E-state index is 6.05. The Bertz CT molecular complexity index is 281. The molecule has 0 radical (unpaired) electrons. The molecule has 1 aliphatic carbocycles. The summed E-state index contributed by atoms with van der Waals surface area (Å²) in [6.45, 7) is 0. The molecule has 64 valence electrons. The van der Waals surface area contributed by atoms with Crippen molar-refractivity contribution in [3.8, 4) is 0 Å². The molecule has 0 bridgehead atoms. The van der Waals surface area contributed by atoms with E-state index in [1.54, 1.807) is 0 Å². The summed E-state index contributed by atoms with van der Waals surface area (Å²) in [5.41, 5.74) is 7.25. The van der Waals surface area contributed by atoms with Crippen LogP contribution < -0.4 is 5.73 Å². The first kappa shape index (κ1) is 8.14. The second-order valence-electron chi connectivity index (χ2n) is 3.42. The summed E-state index contributed by atoms with van der Waals surface area (Å²) in [6.07, 6.45) is 2.56. The van der Waals surface area contributed by atoms with E-state index < -0.39 is 0 Å². The van der Waals surface area contributed by atoms with Crippen molar-refractivity contribution in [3.63, 3.8) is 0 Å². The number of nitrogens with two attached hydrogens (primary N) is 1. The third kappa shape index (κ3) is 1.50. The van der Waals surface area contributed by atoms with Crippen LogP contribution in [0.15, 0.2) is 29.2 Å². The van der Waals surface area contributed by atoms with Gasteiger partial charge < -0.3 is 5.73 Å². The minimum atomic E-state index is 0.207. The topological polar surface area (TPSA) is 26.0 Å². The molecule has 2 rings (SSSR count). The predicted octanol–water partition coefficient (Wildman–Crippen LogP) is 2.39. The zero-order valence-electron chi connectivity index (χ0n) is 6.90. The highest BCUT2D eigenvalue weighted by atomic mass is 32.1. The molecule has 2 N–H and O–H groups in total. The van der Waals surface area contributed by atoms with Gasteiger partial charge >= 0.3 is 0 Å². The maximum absolute atomic E-state index is 6.05. The van der Waals surface area contributed by atoms with Crippen molar-refractivity contribution in [2.24, 2.45) is 11.7 Å². The fourth-order valence-electron chi connectivity index (χ4n) is 1.48. The summed E-state index contributed by atoms with van der Waals surface area (Å²) in [4.78, 5) is 1.02. The lowest BCUT2D eigenvalue weighted by Gasteiger charge is -2.12. The number of hydrogen-bond acceptors (Lipinski definition) is 2. The van der Waals surface area contributed by atoms with Crippen LogP contribution in [0.1, 0.15) is 24.4 Å². The highest BCUT2D eigenvalue weighted by molar-refractivity contribution is 7.80. The molecular formula is C10H13NS. The SMILES string of the molecule is NC(c1ccccc1S)C1CC1. The Balaban J connectivity index is 2.25. The van der Waals surface area contributed by atoms with Crippen LogP contribution in [0.3, 0.4) is 0 Å². The largest absolute Gasteiger partial charge is 0.324 e. The van der Waals surface area contributed by atoms with E-state index in [0.29, 0.717) is 5.92 Å². The molecule has 1 aromatic carbocycles. The average molecular weight is 179 g/mol. The van der Waals surface area contributed by atoms with Crippen LogP contribution in [0.25, 0.3) is 0 Å². The van der Waals surface area contributed by atoms with E-state index in [4.69, 9.17) is 5.73 Å². The van der Waals surface area contributed by atoms with Gasteiger partial charge in [-0.25, -0.2) is 0 Å². The fraction of sp³-hybridized carbons (Fsp3) is 0.400. The summed E-state index contributed by atoms with van der Waals surface area (Å²) >= 11 is 4.38. The van der Waals surface area contributed by atoms with E-state index >= 15 is 0 Å². The first-order chi connectivity index (χ1) is 5.79. The van der Waals surface area contributed by atoms with Crippen LogP contribution in [0.5, 0.6) is 0 Å². The molecule has 1 aliphatic rings. The Kier molecular flexibility index (Phi) is 2.11. The van der Waals surface area contributed by atoms with Gasteiger partial charge in [-0.3, -0.25) is 0 Å². The Hall–Kier alpha value is -0.470. The van der Waals surface area contributed by atoms with E-state index in [0.717, 1.165) is 4.90 Å². The molecule has 1 saturated carbocycles. The van der Waals surface area contributed by atoms with Crippen LogP contribution in [0, 0.1) is 5.92 Å². The van der Waals surface area contributed by atoms with Gasteiger partial charge in [-0.05, 0) is 30.4 Å². The summed E-state index contributed by atoms with van der Waals surface area (Å²) in [5.74, 6) is 0.707. The highest BCUT2D eigenvalue weighted by Crippen LogP contribution is 2.40. The van der Waals surface area contributed by atoms with Crippen molar-refractivity contribution in [2.75, 3.05) is 0 Å². The molecule has 1 atom stereocenters. The van der Waals surface area contributed by atoms with Gasteiger partial charge in [0.25, 0.3) is 0 Å². The van der Waals surface area contributed by atoms with Crippen molar-refractivity contribution in [1.29, 1.82) is 0 Å². The monoisotopic (exact) mass is 179 g/mol. The number of rotatable bonds is 2. The highest BCUT2D eigenvalue weighted by Gasteiger charge is 2.30. The first-order valence-corrected chi connectivity index (χ1v) is 4.77. The molecular weight excluding hydrogens is 166 g/mol. The van der Waals surface area contributed by atoms with Crippen molar-refractivity contribution in [3.05, 3.63) is 29.8 Å². The van der Waals surface area contributed by atoms with E-state index in [1.165, 1.54) is 18.4 Å². The van der Waals surface area contributed by atoms with Crippen LogP contribution >= 0.6 is 12.6 Å². The van der Waals surface area contributed by atoms with Crippen molar-refractivity contribution < 1.29 is 0 Å².